The van der Waals surface area contributed by atoms with Crippen molar-refractivity contribution in [2.24, 2.45) is 5.73 Å². The number of halogens is 1. The third-order valence-electron chi connectivity index (χ3n) is 2.54. The van der Waals surface area contributed by atoms with Gasteiger partial charge in [0.15, 0.2) is 0 Å². The van der Waals surface area contributed by atoms with Crippen molar-refractivity contribution < 1.29 is 13.2 Å². The van der Waals surface area contributed by atoms with E-state index in [4.69, 9.17) is 22.1 Å². The van der Waals surface area contributed by atoms with E-state index in [1.165, 1.54) is 6.26 Å². The minimum Gasteiger partial charge on any atom is -0.489 e. The highest BCUT2D eigenvalue weighted by molar-refractivity contribution is 7.90. The average Bonchev–Trinajstić information content (AvgIpc) is 2.24. The van der Waals surface area contributed by atoms with Gasteiger partial charge in [0.1, 0.15) is 21.7 Å². The van der Waals surface area contributed by atoms with Crippen LogP contribution in [0.1, 0.15) is 13.3 Å². The lowest BCUT2D eigenvalue weighted by Crippen LogP contribution is -2.38. The second-order valence-corrected chi connectivity index (χ2v) is 7.06. The van der Waals surface area contributed by atoms with Crippen LogP contribution in [0.15, 0.2) is 24.3 Å². The molecule has 4 nitrogen and oxygen atoms in total. The van der Waals surface area contributed by atoms with Crippen molar-refractivity contribution in [1.82, 2.24) is 0 Å². The van der Waals surface area contributed by atoms with E-state index in [9.17, 15) is 8.42 Å². The summed E-state index contributed by atoms with van der Waals surface area (Å²) in [6, 6.07) is 6.68. The topological polar surface area (TPSA) is 69.4 Å². The molecule has 102 valence electrons. The van der Waals surface area contributed by atoms with Crippen LogP contribution in [-0.4, -0.2) is 32.6 Å². The van der Waals surface area contributed by atoms with Crippen molar-refractivity contribution in [1.29, 1.82) is 0 Å². The molecule has 0 aliphatic carbocycles. The third kappa shape index (κ3) is 5.71. The van der Waals surface area contributed by atoms with Crippen LogP contribution >= 0.6 is 11.6 Å². The van der Waals surface area contributed by atoms with Gasteiger partial charge in [0, 0.05) is 17.3 Å². The number of sulfone groups is 1. The summed E-state index contributed by atoms with van der Waals surface area (Å²) in [5, 5.41) is 0.587. The zero-order valence-corrected chi connectivity index (χ0v) is 12.0. The van der Waals surface area contributed by atoms with Gasteiger partial charge in [-0.2, -0.15) is 0 Å². The average molecular weight is 292 g/mol. The highest BCUT2D eigenvalue weighted by atomic mass is 35.5. The minimum absolute atomic E-state index is 0.0669. The molecule has 1 aromatic rings. The molecule has 6 heteroatoms. The van der Waals surface area contributed by atoms with Crippen molar-refractivity contribution in [2.45, 2.75) is 25.5 Å². The van der Waals surface area contributed by atoms with Gasteiger partial charge in [-0.1, -0.05) is 17.7 Å². The van der Waals surface area contributed by atoms with E-state index in [1.54, 1.807) is 24.3 Å². The molecule has 0 bridgehead atoms. The molecule has 1 aromatic carbocycles. The van der Waals surface area contributed by atoms with Gasteiger partial charge >= 0.3 is 0 Å². The highest BCUT2D eigenvalue weighted by Crippen LogP contribution is 2.19. The molecule has 1 rings (SSSR count). The van der Waals surface area contributed by atoms with Gasteiger partial charge in [-0.25, -0.2) is 8.42 Å². The van der Waals surface area contributed by atoms with Gasteiger partial charge in [-0.3, -0.25) is 0 Å². The Hall–Kier alpha value is -0.780. The van der Waals surface area contributed by atoms with Crippen LogP contribution in [0.3, 0.4) is 0 Å². The molecule has 0 amide bonds. The van der Waals surface area contributed by atoms with Crippen LogP contribution in [0.2, 0.25) is 5.02 Å². The molecule has 0 aliphatic rings. The van der Waals surface area contributed by atoms with E-state index in [2.05, 4.69) is 0 Å². The van der Waals surface area contributed by atoms with E-state index in [0.29, 0.717) is 17.2 Å². The Bertz CT molecular complexity index is 490. The van der Waals surface area contributed by atoms with E-state index in [0.717, 1.165) is 0 Å². The summed E-state index contributed by atoms with van der Waals surface area (Å²) in [7, 11) is -2.99. The smallest absolute Gasteiger partial charge is 0.147 e. The minimum atomic E-state index is -2.99. The first-order valence-electron chi connectivity index (χ1n) is 5.63. The van der Waals surface area contributed by atoms with Crippen LogP contribution in [0.5, 0.6) is 5.75 Å². The maximum absolute atomic E-state index is 11.0. The van der Waals surface area contributed by atoms with Crippen LogP contribution in [0.4, 0.5) is 0 Å². The maximum atomic E-state index is 11.0. The third-order valence-corrected chi connectivity index (χ3v) is 3.76. The second kappa shape index (κ2) is 6.41. The molecule has 0 aromatic heterocycles. The molecular formula is C12H18ClNO3S. The fraction of sp³-hybridized carbons (Fsp3) is 0.500. The summed E-state index contributed by atoms with van der Waals surface area (Å²) in [6.07, 6.45) is 1.30. The Kier molecular flexibility index (Phi) is 5.44. The number of hydrogen-bond acceptors (Lipinski definition) is 4. The van der Waals surface area contributed by atoms with Crippen LogP contribution < -0.4 is 10.5 Å². The van der Waals surface area contributed by atoms with Crippen molar-refractivity contribution in [3.63, 3.8) is 0 Å². The van der Waals surface area contributed by atoms with Gasteiger partial charge in [0.05, 0.1) is 5.75 Å². The standard InChI is InChI=1S/C12H18ClNO3S/c1-9(12(14)6-7-18(2,15)16)17-11-5-3-4-10(13)8-11/h3-5,8-9,12H,6-7,14H2,1-2H3. The van der Waals surface area contributed by atoms with Crippen molar-refractivity contribution in [2.75, 3.05) is 12.0 Å². The zero-order chi connectivity index (χ0) is 13.8. The number of benzene rings is 1. The lowest BCUT2D eigenvalue weighted by Gasteiger charge is -2.21. The fourth-order valence-corrected chi connectivity index (χ4v) is 2.31. The zero-order valence-electron chi connectivity index (χ0n) is 10.5. The number of rotatable bonds is 6. The molecule has 2 unspecified atom stereocenters. The monoisotopic (exact) mass is 291 g/mol. The Morgan fingerprint density at radius 3 is 2.67 bits per heavy atom. The Morgan fingerprint density at radius 1 is 1.44 bits per heavy atom. The van der Waals surface area contributed by atoms with Gasteiger partial charge < -0.3 is 10.5 Å². The normalized spacial score (nSPS) is 15.1. The first-order chi connectivity index (χ1) is 8.28. The molecule has 0 heterocycles. The van der Waals surface area contributed by atoms with Gasteiger partial charge in [-0.05, 0) is 31.5 Å². The summed E-state index contributed by atoms with van der Waals surface area (Å²) in [5.41, 5.74) is 5.89. The molecule has 0 saturated heterocycles. The molecular weight excluding hydrogens is 274 g/mol. The van der Waals surface area contributed by atoms with Crippen molar-refractivity contribution in [3.8, 4) is 5.75 Å². The summed E-state index contributed by atoms with van der Waals surface area (Å²) in [5.74, 6) is 0.696. The second-order valence-electron chi connectivity index (χ2n) is 4.36. The largest absolute Gasteiger partial charge is 0.489 e. The molecule has 0 radical (unpaired) electrons. The molecule has 0 spiro atoms. The molecule has 0 saturated carbocycles. The molecule has 2 N–H and O–H groups in total. The molecule has 0 aliphatic heterocycles. The quantitative estimate of drug-likeness (QED) is 0.869. The first kappa shape index (κ1) is 15.3. The summed E-state index contributed by atoms with van der Waals surface area (Å²) in [4.78, 5) is 0. The summed E-state index contributed by atoms with van der Waals surface area (Å²) < 4.78 is 27.7. The van der Waals surface area contributed by atoms with E-state index in [-0.39, 0.29) is 17.9 Å². The molecule has 0 fully saturated rings. The number of hydrogen-bond donors (Lipinski definition) is 1. The fourth-order valence-electron chi connectivity index (χ4n) is 1.43. The molecule has 18 heavy (non-hydrogen) atoms. The van der Waals surface area contributed by atoms with Crippen LogP contribution in [0.25, 0.3) is 0 Å². The van der Waals surface area contributed by atoms with Gasteiger partial charge in [0.25, 0.3) is 0 Å². The SMILES string of the molecule is CC(Oc1cccc(Cl)c1)C(N)CCS(C)(=O)=O. The van der Waals surface area contributed by atoms with Crippen LogP contribution in [-0.2, 0) is 9.84 Å². The number of ether oxygens (including phenoxy) is 1. The Labute approximate surface area is 113 Å². The highest BCUT2D eigenvalue weighted by Gasteiger charge is 2.16. The van der Waals surface area contributed by atoms with E-state index in [1.807, 2.05) is 6.92 Å². The van der Waals surface area contributed by atoms with Crippen molar-refractivity contribution >= 4 is 21.4 Å². The number of nitrogens with two attached hydrogens (primary N) is 1. The van der Waals surface area contributed by atoms with E-state index < -0.39 is 9.84 Å². The predicted octanol–water partition coefficient (Wildman–Crippen LogP) is 1.87. The van der Waals surface area contributed by atoms with E-state index >= 15 is 0 Å². The summed E-state index contributed by atoms with van der Waals surface area (Å²) in [6.45, 7) is 1.81. The Balaban J connectivity index is 2.52. The Morgan fingerprint density at radius 2 is 2.11 bits per heavy atom. The predicted molar refractivity (Wildman–Crippen MR) is 73.8 cm³/mol. The summed E-state index contributed by atoms with van der Waals surface area (Å²) >= 11 is 5.84. The van der Waals surface area contributed by atoms with Gasteiger partial charge in [0.2, 0.25) is 0 Å². The maximum Gasteiger partial charge on any atom is 0.147 e. The van der Waals surface area contributed by atoms with Gasteiger partial charge in [-0.15, -0.1) is 0 Å². The van der Waals surface area contributed by atoms with Crippen molar-refractivity contribution in [3.05, 3.63) is 29.3 Å². The first-order valence-corrected chi connectivity index (χ1v) is 8.07. The lowest BCUT2D eigenvalue weighted by atomic mass is 10.1. The van der Waals surface area contributed by atoms with Crippen LogP contribution in [0, 0.1) is 0 Å². The molecule has 2 atom stereocenters. The lowest BCUT2D eigenvalue weighted by molar-refractivity contribution is 0.187.